The molecule has 4 rings (SSSR count). The van der Waals surface area contributed by atoms with Crippen LogP contribution in [0.1, 0.15) is 18.4 Å². The third kappa shape index (κ3) is 2.18. The topological polar surface area (TPSA) is 93.0 Å². The monoisotopic (exact) mass is 312 g/mol. The van der Waals surface area contributed by atoms with Crippen molar-refractivity contribution in [2.45, 2.75) is 24.8 Å². The van der Waals surface area contributed by atoms with Crippen LogP contribution in [0.2, 0.25) is 0 Å². The summed E-state index contributed by atoms with van der Waals surface area (Å²) in [4.78, 5) is 26.9. The molecule has 1 aromatic heterocycles. The predicted octanol–water partition coefficient (Wildman–Crippen LogP) is 0.186. The number of fused-ring (bicyclic) bond motifs is 2. The van der Waals surface area contributed by atoms with E-state index in [1.54, 1.807) is 4.90 Å². The molecule has 1 saturated heterocycles. The molecule has 2 amide bonds. The number of carbonyl (C=O) groups is 2. The Hall–Kier alpha value is -2.77. The Morgan fingerprint density at radius 1 is 1.35 bits per heavy atom. The second-order valence-electron chi connectivity index (χ2n) is 6.01. The number of tetrazole rings is 1. The van der Waals surface area contributed by atoms with E-state index >= 15 is 0 Å². The lowest BCUT2D eigenvalue weighted by Gasteiger charge is -2.39. The molecule has 0 saturated carbocycles. The molecule has 118 valence electrons. The lowest BCUT2D eigenvalue weighted by molar-refractivity contribution is -0.136. The minimum absolute atomic E-state index is 0.0152. The number of nitrogens with one attached hydrogen (secondary N) is 1. The first-order valence-electron chi connectivity index (χ1n) is 7.58. The Morgan fingerprint density at radius 3 is 3.04 bits per heavy atom. The van der Waals surface area contributed by atoms with Gasteiger partial charge >= 0.3 is 0 Å². The molecule has 23 heavy (non-hydrogen) atoms. The van der Waals surface area contributed by atoms with Crippen LogP contribution in [0, 0.1) is 0 Å². The molecule has 1 fully saturated rings. The molecule has 1 spiro atoms. The van der Waals surface area contributed by atoms with Crippen molar-refractivity contribution in [2.24, 2.45) is 0 Å². The predicted molar refractivity (Wildman–Crippen MR) is 80.4 cm³/mol. The number of rotatable bonds is 2. The van der Waals surface area contributed by atoms with Crippen molar-refractivity contribution in [3.05, 3.63) is 36.2 Å². The molecule has 8 heteroatoms. The number of amides is 2. The number of aromatic nitrogens is 4. The van der Waals surface area contributed by atoms with Gasteiger partial charge in [-0.25, -0.2) is 4.68 Å². The van der Waals surface area contributed by atoms with Crippen LogP contribution < -0.4 is 5.32 Å². The Bertz CT molecular complexity index is 759. The first-order valence-corrected chi connectivity index (χ1v) is 7.58. The zero-order valence-corrected chi connectivity index (χ0v) is 12.5. The first-order chi connectivity index (χ1) is 11.2. The van der Waals surface area contributed by atoms with Crippen LogP contribution in [0.5, 0.6) is 0 Å². The summed E-state index contributed by atoms with van der Waals surface area (Å²) in [6.07, 6.45) is 2.96. The van der Waals surface area contributed by atoms with Crippen LogP contribution in [0.25, 0.3) is 0 Å². The summed E-state index contributed by atoms with van der Waals surface area (Å²) in [5.74, 6) is -0.0906. The highest BCUT2D eigenvalue weighted by atomic mass is 16.2. The number of piperidine rings is 1. The first kappa shape index (κ1) is 13.9. The van der Waals surface area contributed by atoms with E-state index in [2.05, 4.69) is 20.8 Å². The Kier molecular flexibility index (Phi) is 3.10. The highest BCUT2D eigenvalue weighted by Crippen LogP contribution is 2.43. The molecule has 1 N–H and O–H groups in total. The maximum atomic E-state index is 12.6. The molecule has 2 aliphatic rings. The van der Waals surface area contributed by atoms with E-state index in [0.717, 1.165) is 24.1 Å². The quantitative estimate of drug-likeness (QED) is 0.854. The average molecular weight is 312 g/mol. The van der Waals surface area contributed by atoms with E-state index in [9.17, 15) is 9.59 Å². The average Bonchev–Trinajstić information content (AvgIpc) is 3.16. The van der Waals surface area contributed by atoms with Crippen LogP contribution in [0.15, 0.2) is 30.6 Å². The number of nitrogens with zero attached hydrogens (tertiary/aromatic N) is 5. The van der Waals surface area contributed by atoms with Gasteiger partial charge in [-0.3, -0.25) is 9.59 Å². The fourth-order valence-electron chi connectivity index (χ4n) is 3.54. The number of para-hydroxylation sites is 1. The van der Waals surface area contributed by atoms with Crippen molar-refractivity contribution >= 4 is 17.5 Å². The van der Waals surface area contributed by atoms with Crippen molar-refractivity contribution in [2.75, 3.05) is 18.4 Å². The van der Waals surface area contributed by atoms with E-state index in [-0.39, 0.29) is 18.4 Å². The smallest absolute Gasteiger partial charge is 0.244 e. The van der Waals surface area contributed by atoms with Gasteiger partial charge in [0.15, 0.2) is 0 Å². The summed E-state index contributed by atoms with van der Waals surface area (Å²) in [6.45, 7) is 1.14. The summed E-state index contributed by atoms with van der Waals surface area (Å²) in [6, 6.07) is 7.72. The van der Waals surface area contributed by atoms with Crippen LogP contribution >= 0.6 is 0 Å². The van der Waals surface area contributed by atoms with Gasteiger partial charge in [0.05, 0.1) is 5.41 Å². The Morgan fingerprint density at radius 2 is 2.22 bits per heavy atom. The minimum atomic E-state index is -0.634. The number of anilines is 1. The Balaban J connectivity index is 1.60. The van der Waals surface area contributed by atoms with Gasteiger partial charge in [0.2, 0.25) is 11.8 Å². The van der Waals surface area contributed by atoms with Crippen LogP contribution in [0.4, 0.5) is 5.69 Å². The Labute approximate surface area is 132 Å². The van der Waals surface area contributed by atoms with Gasteiger partial charge in [0.25, 0.3) is 0 Å². The van der Waals surface area contributed by atoms with Gasteiger partial charge in [-0.15, -0.1) is 5.10 Å². The van der Waals surface area contributed by atoms with Gasteiger partial charge in [0, 0.05) is 18.8 Å². The normalized spacial score (nSPS) is 23.0. The van der Waals surface area contributed by atoms with Crippen molar-refractivity contribution in [3.8, 4) is 0 Å². The summed E-state index contributed by atoms with van der Waals surface area (Å²) >= 11 is 0. The molecule has 1 aromatic carbocycles. The van der Waals surface area contributed by atoms with Crippen molar-refractivity contribution in [3.63, 3.8) is 0 Å². The zero-order valence-electron chi connectivity index (χ0n) is 12.5. The lowest BCUT2D eigenvalue weighted by Crippen LogP contribution is -2.52. The molecule has 0 unspecified atom stereocenters. The maximum absolute atomic E-state index is 12.6. The van der Waals surface area contributed by atoms with Crippen LogP contribution in [0.3, 0.4) is 0 Å². The number of likely N-dealkylation sites (tertiary alicyclic amines) is 1. The molecule has 2 aliphatic heterocycles. The molecule has 3 heterocycles. The van der Waals surface area contributed by atoms with Crippen molar-refractivity contribution < 1.29 is 9.59 Å². The third-order valence-corrected chi connectivity index (χ3v) is 4.66. The summed E-state index contributed by atoms with van der Waals surface area (Å²) in [7, 11) is 0. The number of hydrogen-bond acceptors (Lipinski definition) is 5. The van der Waals surface area contributed by atoms with Gasteiger partial charge in [-0.1, -0.05) is 18.2 Å². The van der Waals surface area contributed by atoms with E-state index in [1.807, 2.05) is 24.3 Å². The van der Waals surface area contributed by atoms with E-state index in [4.69, 9.17) is 0 Å². The van der Waals surface area contributed by atoms with Gasteiger partial charge in [-0.05, 0) is 34.9 Å². The molecule has 2 aromatic rings. The summed E-state index contributed by atoms with van der Waals surface area (Å²) < 4.78 is 1.40. The highest BCUT2D eigenvalue weighted by molar-refractivity contribution is 6.06. The number of hydrogen-bond donors (Lipinski definition) is 1. The van der Waals surface area contributed by atoms with Gasteiger partial charge < -0.3 is 10.2 Å². The largest absolute Gasteiger partial charge is 0.340 e. The van der Waals surface area contributed by atoms with Crippen molar-refractivity contribution in [1.29, 1.82) is 0 Å². The standard InChI is InChI=1S/C15H16N6O2/c22-13(8-21-10-16-18-19-21)20-7-3-6-15(9-20)11-4-1-2-5-12(11)17-14(15)23/h1-2,4-5,10H,3,6-9H2,(H,17,23)/t15-/m0/s1. The van der Waals surface area contributed by atoms with E-state index < -0.39 is 5.41 Å². The molecule has 8 nitrogen and oxygen atoms in total. The SMILES string of the molecule is O=C(Cn1cnnn1)N1CCC[C@@]2(C1)C(=O)Nc1ccccc12. The summed E-state index contributed by atoms with van der Waals surface area (Å²) in [5.41, 5.74) is 1.21. The second-order valence-corrected chi connectivity index (χ2v) is 6.01. The van der Waals surface area contributed by atoms with Gasteiger partial charge in [-0.2, -0.15) is 0 Å². The third-order valence-electron chi connectivity index (χ3n) is 4.66. The lowest BCUT2D eigenvalue weighted by atomic mass is 9.75. The van der Waals surface area contributed by atoms with E-state index in [1.165, 1.54) is 11.0 Å². The molecule has 0 radical (unpaired) electrons. The molecule has 0 aliphatic carbocycles. The maximum Gasteiger partial charge on any atom is 0.244 e. The van der Waals surface area contributed by atoms with Crippen molar-refractivity contribution in [1.82, 2.24) is 25.1 Å². The molecule has 0 bridgehead atoms. The fraction of sp³-hybridized carbons (Fsp3) is 0.400. The van der Waals surface area contributed by atoms with Crippen LogP contribution in [-0.2, 0) is 21.5 Å². The molecular formula is C15H16N6O2. The minimum Gasteiger partial charge on any atom is -0.340 e. The zero-order chi connectivity index (χ0) is 15.9. The number of carbonyl (C=O) groups excluding carboxylic acids is 2. The highest BCUT2D eigenvalue weighted by Gasteiger charge is 2.49. The van der Waals surface area contributed by atoms with Crippen LogP contribution in [-0.4, -0.2) is 50.0 Å². The number of benzene rings is 1. The van der Waals surface area contributed by atoms with Gasteiger partial charge in [0.1, 0.15) is 12.9 Å². The van der Waals surface area contributed by atoms with E-state index in [0.29, 0.717) is 13.1 Å². The molecule has 1 atom stereocenters. The molecular weight excluding hydrogens is 296 g/mol. The fourth-order valence-corrected chi connectivity index (χ4v) is 3.54. The summed E-state index contributed by atoms with van der Waals surface area (Å²) in [5, 5.41) is 13.7. The second kappa shape index (κ2) is 5.15.